The van der Waals surface area contributed by atoms with E-state index in [4.69, 9.17) is 0 Å². The molecule has 0 aliphatic rings. The summed E-state index contributed by atoms with van der Waals surface area (Å²) in [6.45, 7) is 0. The highest BCUT2D eigenvalue weighted by molar-refractivity contribution is 7.90. The first-order valence-electron chi connectivity index (χ1n) is 6.46. The van der Waals surface area contributed by atoms with E-state index in [2.05, 4.69) is 4.98 Å². The van der Waals surface area contributed by atoms with Crippen LogP contribution in [-0.4, -0.2) is 49.0 Å². The summed E-state index contributed by atoms with van der Waals surface area (Å²) in [5.41, 5.74) is -0.525. The van der Waals surface area contributed by atoms with Gasteiger partial charge in [-0.15, -0.1) is 0 Å². The largest absolute Gasteiger partial charge is 0.506 e. The second-order valence-corrected chi connectivity index (χ2v) is 9.26. The number of hydrogen-bond acceptors (Lipinski definition) is 7. The van der Waals surface area contributed by atoms with Crippen molar-refractivity contribution in [2.75, 3.05) is 0 Å². The number of phenolic OH excluding ortho intramolecular Hbond substituents is 1. The van der Waals surface area contributed by atoms with Crippen LogP contribution < -0.4 is 0 Å². The van der Waals surface area contributed by atoms with Gasteiger partial charge in [-0.2, -0.15) is 25.3 Å². The molecule has 0 aliphatic heterocycles. The van der Waals surface area contributed by atoms with Crippen molar-refractivity contribution < 1.29 is 44.0 Å². The summed E-state index contributed by atoms with van der Waals surface area (Å²) in [6, 6.07) is 5.67. The number of rotatable bonds is 3. The first-order valence-corrected chi connectivity index (χ1v) is 10.8. The Morgan fingerprint density at radius 1 is 0.731 bits per heavy atom. The molecule has 5 N–H and O–H groups in total. The van der Waals surface area contributed by atoms with Crippen molar-refractivity contribution in [3.63, 3.8) is 0 Å². The second-order valence-electron chi connectivity index (χ2n) is 5.18. The van der Waals surface area contributed by atoms with E-state index in [0.29, 0.717) is 0 Å². The van der Waals surface area contributed by atoms with Crippen LogP contribution in [0.4, 0.5) is 0 Å². The molecule has 3 aromatic rings. The number of aromatic nitrogens is 1. The zero-order valence-electron chi connectivity index (χ0n) is 12.3. The number of hydrogen-bond donors (Lipinski definition) is 5. The van der Waals surface area contributed by atoms with Crippen LogP contribution >= 0.6 is 0 Å². The van der Waals surface area contributed by atoms with E-state index in [1.165, 1.54) is 24.3 Å². The molecule has 26 heavy (non-hydrogen) atoms. The molecule has 0 bridgehead atoms. The first-order chi connectivity index (χ1) is 11.7. The second kappa shape index (κ2) is 5.38. The molecule has 0 radical (unpaired) electrons. The van der Waals surface area contributed by atoms with E-state index < -0.39 is 61.7 Å². The van der Waals surface area contributed by atoms with Crippen LogP contribution in [0.15, 0.2) is 39.0 Å². The molecule has 1 aromatic heterocycles. The van der Waals surface area contributed by atoms with Gasteiger partial charge in [0.15, 0.2) is 4.90 Å². The minimum atomic E-state index is -5.64. The quantitative estimate of drug-likeness (QED) is 0.375. The Bertz CT molecular complexity index is 1400. The van der Waals surface area contributed by atoms with Crippen LogP contribution in [0.3, 0.4) is 0 Å². The molecule has 0 aliphatic carbocycles. The molecular weight excluding hydrogens is 414 g/mol. The van der Waals surface area contributed by atoms with Crippen LogP contribution in [0.5, 0.6) is 5.75 Å². The van der Waals surface area contributed by atoms with Gasteiger partial charge >= 0.3 is 0 Å². The molecule has 140 valence electrons. The van der Waals surface area contributed by atoms with E-state index >= 15 is 0 Å². The van der Waals surface area contributed by atoms with Crippen molar-refractivity contribution >= 4 is 52.2 Å². The van der Waals surface area contributed by atoms with E-state index in [1.807, 2.05) is 0 Å². The minimum absolute atomic E-state index is 0.0664. The number of fused-ring (bicyclic) bond motifs is 3. The number of benzene rings is 2. The molecule has 11 nitrogen and oxygen atoms in total. The lowest BCUT2D eigenvalue weighted by atomic mass is 10.1. The summed E-state index contributed by atoms with van der Waals surface area (Å²) in [4.78, 5) is -2.75. The summed E-state index contributed by atoms with van der Waals surface area (Å²) >= 11 is 0. The van der Waals surface area contributed by atoms with Gasteiger partial charge in [0.05, 0.1) is 10.9 Å². The predicted molar refractivity (Wildman–Crippen MR) is 86.9 cm³/mol. The lowest BCUT2D eigenvalue weighted by Crippen LogP contribution is -2.15. The molecule has 14 heteroatoms. The molecule has 0 atom stereocenters. The molecule has 3 rings (SSSR count). The predicted octanol–water partition coefficient (Wildman–Crippen LogP) is 0.767. The SMILES string of the molecule is O=S(=O)(O)c1c(S(=O)(=O)O)c(O)c2c([nH]c3ccccc32)c1S(=O)(=O)O. The molecule has 0 spiro atoms. The molecule has 0 fully saturated rings. The van der Waals surface area contributed by atoms with Gasteiger partial charge in [0.2, 0.25) is 0 Å². The van der Waals surface area contributed by atoms with Crippen molar-refractivity contribution in [3.05, 3.63) is 24.3 Å². The first kappa shape index (κ1) is 18.6. The lowest BCUT2D eigenvalue weighted by molar-refractivity contribution is 0.430. The number of aromatic hydroxyl groups is 1. The van der Waals surface area contributed by atoms with Crippen molar-refractivity contribution in [1.82, 2.24) is 4.98 Å². The highest BCUT2D eigenvalue weighted by Crippen LogP contribution is 2.45. The molecule has 0 saturated carbocycles. The maximum Gasteiger partial charge on any atom is 0.299 e. The van der Waals surface area contributed by atoms with Gasteiger partial charge in [0.1, 0.15) is 15.5 Å². The number of nitrogens with one attached hydrogen (secondary N) is 1. The Morgan fingerprint density at radius 2 is 1.23 bits per heavy atom. The van der Waals surface area contributed by atoms with Gasteiger partial charge in [0, 0.05) is 10.9 Å². The molecule has 0 amide bonds. The van der Waals surface area contributed by atoms with Crippen molar-refractivity contribution in [2.45, 2.75) is 14.7 Å². The van der Waals surface area contributed by atoms with Crippen molar-refractivity contribution in [1.29, 1.82) is 0 Å². The third kappa shape index (κ3) is 2.72. The lowest BCUT2D eigenvalue weighted by Gasteiger charge is -2.12. The van der Waals surface area contributed by atoms with E-state index in [1.54, 1.807) is 0 Å². The van der Waals surface area contributed by atoms with Crippen LogP contribution in [0.25, 0.3) is 21.8 Å². The van der Waals surface area contributed by atoms with Crippen LogP contribution in [0.1, 0.15) is 0 Å². The zero-order chi connectivity index (χ0) is 19.7. The number of para-hydroxylation sites is 1. The van der Waals surface area contributed by atoms with Gasteiger partial charge in [-0.25, -0.2) is 0 Å². The van der Waals surface area contributed by atoms with E-state index in [0.717, 1.165) is 0 Å². The average Bonchev–Trinajstić information content (AvgIpc) is 2.82. The van der Waals surface area contributed by atoms with Gasteiger partial charge in [0.25, 0.3) is 30.4 Å². The molecule has 0 unspecified atom stereocenters. The normalized spacial score (nSPS) is 13.5. The summed E-state index contributed by atoms with van der Waals surface area (Å²) in [5.74, 6) is -1.32. The van der Waals surface area contributed by atoms with Crippen LogP contribution in [0, 0.1) is 0 Å². The summed E-state index contributed by atoms with van der Waals surface area (Å²) in [7, 11) is -16.6. The maximum atomic E-state index is 11.8. The molecular formula is C12H9NO10S3. The standard InChI is InChI=1S/C12H9NO10S3/c14-9-7-5-3-1-2-4-6(5)13-8(7)10(24(15,16)17)12(26(21,22)23)11(9)25(18,19)20/h1-4,13-14H,(H,15,16,17)(H,18,19,20)(H,21,22,23). The van der Waals surface area contributed by atoms with Gasteiger partial charge in [-0.1, -0.05) is 18.2 Å². The van der Waals surface area contributed by atoms with Gasteiger partial charge in [-0.3, -0.25) is 13.7 Å². The highest BCUT2D eigenvalue weighted by Gasteiger charge is 2.39. The van der Waals surface area contributed by atoms with Crippen molar-refractivity contribution in [2.24, 2.45) is 0 Å². The van der Waals surface area contributed by atoms with Gasteiger partial charge < -0.3 is 10.1 Å². The summed E-state index contributed by atoms with van der Waals surface area (Å²) in [5, 5.41) is 9.87. The van der Waals surface area contributed by atoms with E-state index in [9.17, 15) is 44.0 Å². The fourth-order valence-corrected chi connectivity index (χ4v) is 6.14. The molecule has 2 aromatic carbocycles. The Kier molecular flexibility index (Phi) is 3.84. The fraction of sp³-hybridized carbons (Fsp3) is 0. The number of phenols is 1. The zero-order valence-corrected chi connectivity index (χ0v) is 14.7. The van der Waals surface area contributed by atoms with E-state index in [-0.39, 0.29) is 10.9 Å². The molecule has 0 saturated heterocycles. The minimum Gasteiger partial charge on any atom is -0.506 e. The third-order valence-electron chi connectivity index (χ3n) is 3.57. The number of H-pyrrole nitrogens is 1. The summed E-state index contributed by atoms with van der Waals surface area (Å²) < 4.78 is 98.3. The fourth-order valence-electron chi connectivity index (χ4n) is 2.72. The highest BCUT2D eigenvalue weighted by atomic mass is 32.2. The Labute approximate surface area is 146 Å². The topological polar surface area (TPSA) is 199 Å². The van der Waals surface area contributed by atoms with Crippen LogP contribution in [0.2, 0.25) is 0 Å². The number of aromatic amines is 1. The van der Waals surface area contributed by atoms with Gasteiger partial charge in [-0.05, 0) is 6.07 Å². The van der Waals surface area contributed by atoms with Crippen molar-refractivity contribution in [3.8, 4) is 5.75 Å². The Hall–Kier alpha value is -2.23. The Morgan fingerprint density at radius 3 is 1.73 bits per heavy atom. The third-order valence-corrected chi connectivity index (χ3v) is 6.59. The smallest absolute Gasteiger partial charge is 0.299 e. The Balaban J connectivity index is 2.88. The molecule has 1 heterocycles. The monoisotopic (exact) mass is 423 g/mol. The summed E-state index contributed by atoms with van der Waals surface area (Å²) in [6.07, 6.45) is 0. The average molecular weight is 423 g/mol. The maximum absolute atomic E-state index is 11.8. The van der Waals surface area contributed by atoms with Crippen LogP contribution in [-0.2, 0) is 30.4 Å².